The molecule has 1 saturated carbocycles. The highest BCUT2D eigenvalue weighted by molar-refractivity contribution is 6.03. The van der Waals surface area contributed by atoms with Crippen molar-refractivity contribution in [2.24, 2.45) is 17.6 Å². The van der Waals surface area contributed by atoms with Gasteiger partial charge in [0.25, 0.3) is 11.8 Å². The van der Waals surface area contributed by atoms with Gasteiger partial charge in [0.15, 0.2) is 0 Å². The molecule has 2 amide bonds. The molecular formula is C26H28FN5O4. The summed E-state index contributed by atoms with van der Waals surface area (Å²) < 4.78 is 27.0. The van der Waals surface area contributed by atoms with Gasteiger partial charge < -0.3 is 26.3 Å². The van der Waals surface area contributed by atoms with Crippen LogP contribution in [0.15, 0.2) is 48.5 Å². The number of aromatic nitrogens is 2. The standard InChI is InChI=1S/C26H28FN5O4/c1-35-19-5-3-2-4-17(19)26(34)30-12-14-6-8-15(9-7-14)22-20(25(29)33)24(28)32(31-22)23-16-10-11-36-13-18(16)21(23)27/h2-9,16,18,21,23H,10-13,28H2,1H3,(H2,29,33)(H,30,34)/t16?,18-,21+,23+/m0/s1. The summed E-state index contributed by atoms with van der Waals surface area (Å²) in [5.41, 5.74) is 14.2. The van der Waals surface area contributed by atoms with Crippen LogP contribution in [0.1, 0.15) is 38.7 Å². The number of halogens is 1. The van der Waals surface area contributed by atoms with Crippen LogP contribution in [0.3, 0.4) is 0 Å². The lowest BCUT2D eigenvalue weighted by molar-refractivity contribution is -0.128. The van der Waals surface area contributed by atoms with Gasteiger partial charge in [-0.05, 0) is 30.0 Å². The molecule has 1 unspecified atom stereocenters. The van der Waals surface area contributed by atoms with Crippen LogP contribution in [0.25, 0.3) is 11.3 Å². The largest absolute Gasteiger partial charge is 0.496 e. The Labute approximate surface area is 207 Å². The highest BCUT2D eigenvalue weighted by Crippen LogP contribution is 2.51. The summed E-state index contributed by atoms with van der Waals surface area (Å²) in [7, 11) is 1.51. The predicted octanol–water partition coefficient (Wildman–Crippen LogP) is 2.72. The van der Waals surface area contributed by atoms with Crippen LogP contribution < -0.4 is 21.5 Å². The fourth-order valence-electron chi connectivity index (χ4n) is 5.20. The minimum atomic E-state index is -1.15. The van der Waals surface area contributed by atoms with Gasteiger partial charge in [-0.3, -0.25) is 9.59 Å². The topological polar surface area (TPSA) is 134 Å². The molecule has 2 aromatic carbocycles. The van der Waals surface area contributed by atoms with E-state index in [1.54, 1.807) is 36.4 Å². The summed E-state index contributed by atoms with van der Waals surface area (Å²) in [5, 5.41) is 7.42. The molecule has 4 atom stereocenters. The van der Waals surface area contributed by atoms with Crippen molar-refractivity contribution in [3.05, 3.63) is 65.2 Å². The van der Waals surface area contributed by atoms with E-state index in [1.165, 1.54) is 11.8 Å². The number of fused-ring (bicyclic) bond motifs is 1. The first-order valence-electron chi connectivity index (χ1n) is 11.8. The van der Waals surface area contributed by atoms with Crippen molar-refractivity contribution in [1.29, 1.82) is 0 Å². The van der Waals surface area contributed by atoms with Gasteiger partial charge >= 0.3 is 0 Å². The summed E-state index contributed by atoms with van der Waals surface area (Å²) in [5.74, 6) is -0.543. The van der Waals surface area contributed by atoms with Crippen molar-refractivity contribution in [2.75, 3.05) is 26.1 Å². The maximum absolute atomic E-state index is 14.9. The molecule has 1 aliphatic heterocycles. The van der Waals surface area contributed by atoms with Crippen LogP contribution in [0.4, 0.5) is 10.2 Å². The number of methoxy groups -OCH3 is 1. The quantitative estimate of drug-likeness (QED) is 0.463. The summed E-state index contributed by atoms with van der Waals surface area (Å²) in [4.78, 5) is 24.8. The minimum Gasteiger partial charge on any atom is -0.496 e. The molecule has 5 N–H and O–H groups in total. The van der Waals surface area contributed by atoms with Crippen molar-refractivity contribution in [1.82, 2.24) is 15.1 Å². The SMILES string of the molecule is COc1ccccc1C(=O)NCc1ccc(-c2nn([C@@H]3C4CCOC[C@@H]4[C@H]3F)c(N)c2C(N)=O)cc1. The second-order valence-corrected chi connectivity index (χ2v) is 9.12. The molecule has 1 saturated heterocycles. The van der Waals surface area contributed by atoms with Gasteiger partial charge in [0, 0.05) is 24.6 Å². The average molecular weight is 494 g/mol. The Kier molecular flexibility index (Phi) is 6.36. The number of carbonyl (C=O) groups excluding carboxylic acids is 2. The molecule has 2 aliphatic rings. The molecule has 36 heavy (non-hydrogen) atoms. The normalized spacial score (nSPS) is 22.8. The van der Waals surface area contributed by atoms with Crippen LogP contribution >= 0.6 is 0 Å². The van der Waals surface area contributed by atoms with Gasteiger partial charge in [0.2, 0.25) is 0 Å². The Bertz CT molecular complexity index is 1290. The smallest absolute Gasteiger partial charge is 0.255 e. The molecule has 188 valence electrons. The van der Waals surface area contributed by atoms with Crippen molar-refractivity contribution < 1.29 is 23.5 Å². The lowest BCUT2D eigenvalue weighted by Crippen LogP contribution is -2.54. The average Bonchev–Trinajstić information content (AvgIpc) is 3.23. The minimum absolute atomic E-state index is 0.0544. The van der Waals surface area contributed by atoms with Crippen molar-refractivity contribution >= 4 is 17.6 Å². The summed E-state index contributed by atoms with van der Waals surface area (Å²) in [6.45, 7) is 1.23. The summed E-state index contributed by atoms with van der Waals surface area (Å²) in [6, 6.07) is 13.6. The van der Waals surface area contributed by atoms with E-state index in [-0.39, 0.29) is 35.7 Å². The number of para-hydroxylation sites is 1. The first-order chi connectivity index (χ1) is 17.4. The van der Waals surface area contributed by atoms with Gasteiger partial charge in [-0.25, -0.2) is 9.07 Å². The molecular weight excluding hydrogens is 465 g/mol. The third-order valence-corrected chi connectivity index (χ3v) is 7.14. The zero-order valence-corrected chi connectivity index (χ0v) is 19.8. The third-order valence-electron chi connectivity index (χ3n) is 7.14. The fourth-order valence-corrected chi connectivity index (χ4v) is 5.20. The predicted molar refractivity (Wildman–Crippen MR) is 131 cm³/mol. The van der Waals surface area contributed by atoms with Crippen molar-refractivity contribution in [3.8, 4) is 17.0 Å². The van der Waals surface area contributed by atoms with E-state index in [1.807, 2.05) is 12.1 Å². The maximum atomic E-state index is 14.9. The second kappa shape index (κ2) is 9.62. The summed E-state index contributed by atoms with van der Waals surface area (Å²) in [6.07, 6.45) is -0.439. The van der Waals surface area contributed by atoms with E-state index < -0.39 is 18.1 Å². The van der Waals surface area contributed by atoms with Crippen molar-refractivity contribution in [2.45, 2.75) is 25.2 Å². The molecule has 3 aromatic rings. The molecule has 9 nitrogen and oxygen atoms in total. The van der Waals surface area contributed by atoms with Crippen molar-refractivity contribution in [3.63, 3.8) is 0 Å². The van der Waals surface area contributed by atoms with E-state index in [0.717, 1.165) is 5.56 Å². The number of alkyl halides is 1. The molecule has 2 fully saturated rings. The number of nitrogen functional groups attached to an aromatic ring is 1. The number of primary amides is 1. The van der Waals surface area contributed by atoms with Gasteiger partial charge in [0.1, 0.15) is 29.0 Å². The Morgan fingerprint density at radius 3 is 2.67 bits per heavy atom. The van der Waals surface area contributed by atoms with E-state index in [9.17, 15) is 14.0 Å². The molecule has 0 bridgehead atoms. The highest BCUT2D eigenvalue weighted by atomic mass is 19.1. The number of rotatable bonds is 7. The monoisotopic (exact) mass is 493 g/mol. The first-order valence-corrected chi connectivity index (χ1v) is 11.8. The zero-order valence-electron chi connectivity index (χ0n) is 19.8. The first kappa shape index (κ1) is 23.8. The zero-order chi connectivity index (χ0) is 25.4. The lowest BCUT2D eigenvalue weighted by atomic mass is 9.65. The maximum Gasteiger partial charge on any atom is 0.255 e. The van der Waals surface area contributed by atoms with Gasteiger partial charge in [-0.1, -0.05) is 36.4 Å². The van der Waals surface area contributed by atoms with E-state index in [4.69, 9.17) is 20.9 Å². The van der Waals surface area contributed by atoms with E-state index in [2.05, 4.69) is 10.4 Å². The van der Waals surface area contributed by atoms with E-state index >= 15 is 0 Å². The Hall–Kier alpha value is -3.92. The lowest BCUT2D eigenvalue weighted by Gasteiger charge is -2.50. The number of carbonyl (C=O) groups is 2. The second-order valence-electron chi connectivity index (χ2n) is 9.12. The molecule has 5 rings (SSSR count). The number of nitrogens with two attached hydrogens (primary N) is 2. The number of hydrogen-bond acceptors (Lipinski definition) is 6. The van der Waals surface area contributed by atoms with Crippen LogP contribution in [-0.2, 0) is 11.3 Å². The third kappa shape index (κ3) is 4.07. The number of benzene rings is 2. The molecule has 1 aliphatic carbocycles. The molecule has 2 heterocycles. The van der Waals surface area contributed by atoms with Gasteiger partial charge in [-0.15, -0.1) is 0 Å². The molecule has 10 heteroatoms. The fraction of sp³-hybridized carbons (Fsp3) is 0.346. The van der Waals surface area contributed by atoms with Crippen LogP contribution in [0.2, 0.25) is 0 Å². The highest BCUT2D eigenvalue weighted by Gasteiger charge is 2.54. The molecule has 0 spiro atoms. The van der Waals surface area contributed by atoms with Crippen LogP contribution in [-0.4, -0.2) is 48.1 Å². The Balaban J connectivity index is 1.35. The van der Waals surface area contributed by atoms with Crippen LogP contribution in [0, 0.1) is 11.8 Å². The number of nitrogens with one attached hydrogen (secondary N) is 1. The summed E-state index contributed by atoms with van der Waals surface area (Å²) >= 11 is 0. The number of ether oxygens (including phenoxy) is 2. The Morgan fingerprint density at radius 1 is 1.19 bits per heavy atom. The van der Waals surface area contributed by atoms with E-state index in [0.29, 0.717) is 42.2 Å². The molecule has 1 aromatic heterocycles. The number of amides is 2. The number of hydrogen-bond donors (Lipinski definition) is 3. The van der Waals surface area contributed by atoms with Gasteiger partial charge in [0.05, 0.1) is 25.3 Å². The number of anilines is 1. The van der Waals surface area contributed by atoms with Crippen LogP contribution in [0.5, 0.6) is 5.75 Å². The molecule has 0 radical (unpaired) electrons. The number of nitrogens with zero attached hydrogens (tertiary/aromatic N) is 2. The Morgan fingerprint density at radius 2 is 1.94 bits per heavy atom. The van der Waals surface area contributed by atoms with Gasteiger partial charge in [-0.2, -0.15) is 5.10 Å².